The molecule has 0 aliphatic carbocycles. The fraction of sp³-hybridized carbons (Fsp3) is 0.267. The van der Waals surface area contributed by atoms with Crippen molar-refractivity contribution in [3.63, 3.8) is 0 Å². The molecule has 1 aromatic carbocycles. The van der Waals surface area contributed by atoms with Crippen molar-refractivity contribution in [2.24, 2.45) is 0 Å². The third-order valence-corrected chi connectivity index (χ3v) is 4.90. The van der Waals surface area contributed by atoms with E-state index in [9.17, 15) is 13.2 Å². The maximum atomic E-state index is 12.5. The molecule has 116 valence electrons. The van der Waals surface area contributed by atoms with E-state index in [4.69, 9.17) is 4.74 Å². The molecule has 0 fully saturated rings. The lowest BCUT2D eigenvalue weighted by molar-refractivity contribution is 0.348. The van der Waals surface area contributed by atoms with Gasteiger partial charge in [-0.2, -0.15) is 0 Å². The summed E-state index contributed by atoms with van der Waals surface area (Å²) in [6.07, 6.45) is 0.714. The van der Waals surface area contributed by atoms with Gasteiger partial charge < -0.3 is 9.72 Å². The number of aryl methyl sites for hydroxylation is 1. The standard InChI is InChI=1S/C15H16N2O4S/c1-10-7-11(8-14(18)17-10)9-16-22(19,20)13-4-2-3-12-5-6-21-15(12)13/h2-4,7-8,16H,5-6,9H2,1H3,(H,17,18). The van der Waals surface area contributed by atoms with E-state index in [0.717, 1.165) is 5.56 Å². The van der Waals surface area contributed by atoms with Gasteiger partial charge in [-0.25, -0.2) is 13.1 Å². The Morgan fingerprint density at radius 1 is 1.32 bits per heavy atom. The first kappa shape index (κ1) is 14.8. The van der Waals surface area contributed by atoms with E-state index in [1.807, 2.05) is 6.07 Å². The molecule has 0 saturated heterocycles. The van der Waals surface area contributed by atoms with Gasteiger partial charge in [0.1, 0.15) is 10.6 Å². The molecule has 6 nitrogen and oxygen atoms in total. The van der Waals surface area contributed by atoms with Crippen LogP contribution in [0, 0.1) is 6.92 Å². The van der Waals surface area contributed by atoms with Crippen LogP contribution in [-0.4, -0.2) is 20.0 Å². The summed E-state index contributed by atoms with van der Waals surface area (Å²) >= 11 is 0. The van der Waals surface area contributed by atoms with E-state index in [-0.39, 0.29) is 17.0 Å². The lowest BCUT2D eigenvalue weighted by Gasteiger charge is -2.10. The predicted octanol–water partition coefficient (Wildman–Crippen LogP) is 1.10. The van der Waals surface area contributed by atoms with E-state index in [2.05, 4.69) is 9.71 Å². The van der Waals surface area contributed by atoms with Crippen LogP contribution in [0.25, 0.3) is 0 Å². The molecule has 1 aliphatic rings. The summed E-state index contributed by atoms with van der Waals surface area (Å²) in [5, 5.41) is 0. The van der Waals surface area contributed by atoms with Gasteiger partial charge in [0, 0.05) is 24.7 Å². The number of aromatic amines is 1. The molecule has 0 saturated carbocycles. The third kappa shape index (κ3) is 2.90. The highest BCUT2D eigenvalue weighted by atomic mass is 32.2. The molecule has 2 aromatic rings. The van der Waals surface area contributed by atoms with Crippen LogP contribution in [-0.2, 0) is 23.0 Å². The van der Waals surface area contributed by atoms with E-state index in [1.165, 1.54) is 12.1 Å². The van der Waals surface area contributed by atoms with Crippen LogP contribution in [0.4, 0.5) is 0 Å². The molecule has 1 aliphatic heterocycles. The number of hydrogen-bond donors (Lipinski definition) is 2. The molecule has 1 aromatic heterocycles. The molecule has 0 atom stereocenters. The van der Waals surface area contributed by atoms with Crippen LogP contribution in [0.3, 0.4) is 0 Å². The van der Waals surface area contributed by atoms with Gasteiger partial charge in [-0.3, -0.25) is 4.79 Å². The molecule has 0 amide bonds. The second kappa shape index (κ2) is 5.58. The first-order chi connectivity index (χ1) is 10.5. The number of hydrogen-bond acceptors (Lipinski definition) is 4. The number of sulfonamides is 1. The Balaban J connectivity index is 1.85. The summed E-state index contributed by atoms with van der Waals surface area (Å²) in [5.74, 6) is 0.428. The van der Waals surface area contributed by atoms with Crippen molar-refractivity contribution in [3.8, 4) is 5.75 Å². The summed E-state index contributed by atoms with van der Waals surface area (Å²) in [6.45, 7) is 2.29. The molecular weight excluding hydrogens is 304 g/mol. The molecule has 0 bridgehead atoms. The Hall–Kier alpha value is -2.12. The molecule has 2 N–H and O–H groups in total. The average Bonchev–Trinajstić information content (AvgIpc) is 2.92. The first-order valence-electron chi connectivity index (χ1n) is 6.90. The number of pyridine rings is 1. The quantitative estimate of drug-likeness (QED) is 0.883. The number of ether oxygens (including phenoxy) is 1. The number of para-hydroxylation sites is 1. The topological polar surface area (TPSA) is 88.3 Å². The number of rotatable bonds is 4. The molecular formula is C15H16N2O4S. The monoisotopic (exact) mass is 320 g/mol. The van der Waals surface area contributed by atoms with Gasteiger partial charge in [0.25, 0.3) is 0 Å². The van der Waals surface area contributed by atoms with Crippen molar-refractivity contribution in [3.05, 3.63) is 57.5 Å². The first-order valence-corrected chi connectivity index (χ1v) is 8.38. The molecule has 3 rings (SSSR count). The van der Waals surface area contributed by atoms with E-state index >= 15 is 0 Å². The summed E-state index contributed by atoms with van der Waals surface area (Å²) in [6, 6.07) is 8.20. The van der Waals surface area contributed by atoms with Gasteiger partial charge >= 0.3 is 0 Å². The van der Waals surface area contributed by atoms with Gasteiger partial charge in [-0.05, 0) is 30.2 Å². The summed E-state index contributed by atoms with van der Waals surface area (Å²) in [7, 11) is -3.70. The van der Waals surface area contributed by atoms with Crippen molar-refractivity contribution in [1.29, 1.82) is 0 Å². The number of H-pyrrole nitrogens is 1. The SMILES string of the molecule is Cc1cc(CNS(=O)(=O)c2cccc3c2OCC3)cc(=O)[nH]1. The van der Waals surface area contributed by atoms with E-state index in [0.29, 0.717) is 30.0 Å². The van der Waals surface area contributed by atoms with Crippen LogP contribution in [0.5, 0.6) is 5.75 Å². The number of nitrogens with one attached hydrogen (secondary N) is 2. The van der Waals surface area contributed by atoms with Crippen LogP contribution in [0.1, 0.15) is 16.8 Å². The van der Waals surface area contributed by atoms with E-state index < -0.39 is 10.0 Å². The highest BCUT2D eigenvalue weighted by Gasteiger charge is 2.24. The largest absolute Gasteiger partial charge is 0.492 e. The van der Waals surface area contributed by atoms with Gasteiger partial charge in [0.05, 0.1) is 6.61 Å². The highest BCUT2D eigenvalue weighted by Crippen LogP contribution is 2.32. The zero-order valence-electron chi connectivity index (χ0n) is 12.0. The van der Waals surface area contributed by atoms with Crippen molar-refractivity contribution < 1.29 is 13.2 Å². The van der Waals surface area contributed by atoms with Crippen molar-refractivity contribution >= 4 is 10.0 Å². The summed E-state index contributed by atoms with van der Waals surface area (Å²) in [4.78, 5) is 14.2. The Labute approximate surface area is 128 Å². The minimum Gasteiger partial charge on any atom is -0.492 e. The molecule has 7 heteroatoms. The maximum absolute atomic E-state index is 12.5. The Bertz CT molecular complexity index is 871. The van der Waals surface area contributed by atoms with Crippen molar-refractivity contribution in [2.75, 3.05) is 6.61 Å². The van der Waals surface area contributed by atoms with Gasteiger partial charge in [0.15, 0.2) is 0 Å². The molecule has 0 spiro atoms. The number of aromatic nitrogens is 1. The Morgan fingerprint density at radius 3 is 2.91 bits per heavy atom. The smallest absolute Gasteiger partial charge is 0.248 e. The Kier molecular flexibility index (Phi) is 3.76. The Morgan fingerprint density at radius 2 is 2.14 bits per heavy atom. The fourth-order valence-corrected chi connectivity index (χ4v) is 3.71. The van der Waals surface area contributed by atoms with Gasteiger partial charge in [-0.15, -0.1) is 0 Å². The van der Waals surface area contributed by atoms with Crippen LogP contribution >= 0.6 is 0 Å². The average molecular weight is 320 g/mol. The molecule has 0 unspecified atom stereocenters. The van der Waals surface area contributed by atoms with Crippen LogP contribution in [0.2, 0.25) is 0 Å². The van der Waals surface area contributed by atoms with Crippen molar-refractivity contribution in [2.45, 2.75) is 24.8 Å². The highest BCUT2D eigenvalue weighted by molar-refractivity contribution is 7.89. The van der Waals surface area contributed by atoms with Gasteiger partial charge in [0.2, 0.25) is 15.6 Å². The maximum Gasteiger partial charge on any atom is 0.248 e. The summed E-state index contributed by atoms with van der Waals surface area (Å²) < 4.78 is 32.9. The normalized spacial score (nSPS) is 13.7. The zero-order chi connectivity index (χ0) is 15.7. The lowest BCUT2D eigenvalue weighted by atomic mass is 10.2. The summed E-state index contributed by atoms with van der Waals surface area (Å²) in [5.41, 5.74) is 1.94. The zero-order valence-corrected chi connectivity index (χ0v) is 12.9. The fourth-order valence-electron chi connectivity index (χ4n) is 2.51. The van der Waals surface area contributed by atoms with E-state index in [1.54, 1.807) is 19.1 Å². The van der Waals surface area contributed by atoms with Crippen LogP contribution < -0.4 is 15.0 Å². The lowest BCUT2D eigenvalue weighted by Crippen LogP contribution is -2.24. The number of fused-ring (bicyclic) bond motifs is 1. The third-order valence-electron chi connectivity index (χ3n) is 3.47. The molecule has 22 heavy (non-hydrogen) atoms. The molecule has 2 heterocycles. The predicted molar refractivity (Wildman–Crippen MR) is 81.5 cm³/mol. The molecule has 0 radical (unpaired) electrons. The minimum atomic E-state index is -3.70. The second-order valence-electron chi connectivity index (χ2n) is 5.20. The van der Waals surface area contributed by atoms with Crippen molar-refractivity contribution in [1.82, 2.24) is 9.71 Å². The number of benzene rings is 1. The van der Waals surface area contributed by atoms with Crippen LogP contribution in [0.15, 0.2) is 40.0 Å². The second-order valence-corrected chi connectivity index (χ2v) is 6.94. The van der Waals surface area contributed by atoms with Gasteiger partial charge in [-0.1, -0.05) is 12.1 Å². The minimum absolute atomic E-state index is 0.0523.